The minimum Gasteiger partial charge on any atom is -0.495 e. The molecule has 0 bridgehead atoms. The summed E-state index contributed by atoms with van der Waals surface area (Å²) in [6.07, 6.45) is 2.02. The molecule has 1 aromatic carbocycles. The first kappa shape index (κ1) is 12.6. The molecule has 4 N–H and O–H groups in total. The van der Waals surface area contributed by atoms with Gasteiger partial charge in [0.2, 0.25) is 0 Å². The number of rotatable bonds is 5. The second-order valence-electron chi connectivity index (χ2n) is 4.20. The van der Waals surface area contributed by atoms with E-state index in [1.165, 1.54) is 0 Å². The third-order valence-corrected chi connectivity index (χ3v) is 2.54. The molecule has 0 saturated carbocycles. The Bertz CT molecular complexity index is 350. The molecule has 1 aromatic rings. The first-order chi connectivity index (χ1) is 7.54. The fourth-order valence-corrected chi connectivity index (χ4v) is 1.64. The number of methoxy groups -OCH3 is 1. The van der Waals surface area contributed by atoms with E-state index in [4.69, 9.17) is 16.2 Å². The van der Waals surface area contributed by atoms with Gasteiger partial charge in [-0.2, -0.15) is 0 Å². The molecule has 16 heavy (non-hydrogen) atoms. The van der Waals surface area contributed by atoms with Gasteiger partial charge in [-0.15, -0.1) is 0 Å². The fraction of sp³-hybridized carbons (Fsp3) is 0.500. The minimum atomic E-state index is 0.594. The maximum Gasteiger partial charge on any atom is 0.142 e. The van der Waals surface area contributed by atoms with Gasteiger partial charge in [0.15, 0.2) is 0 Å². The fourth-order valence-electron chi connectivity index (χ4n) is 1.64. The Morgan fingerprint density at radius 3 is 2.44 bits per heavy atom. The highest BCUT2D eigenvalue weighted by atomic mass is 16.5. The lowest BCUT2D eigenvalue weighted by molar-refractivity contribution is 0.399. The van der Waals surface area contributed by atoms with Crippen LogP contribution in [0.25, 0.3) is 0 Å². The van der Waals surface area contributed by atoms with E-state index >= 15 is 0 Å². The first-order valence-electron chi connectivity index (χ1n) is 5.41. The molecule has 0 aliphatic carbocycles. The van der Waals surface area contributed by atoms with Crippen LogP contribution in [0.1, 0.15) is 12.0 Å². The smallest absolute Gasteiger partial charge is 0.142 e. The molecule has 0 saturated heterocycles. The van der Waals surface area contributed by atoms with Crippen LogP contribution in [-0.4, -0.2) is 32.6 Å². The molecule has 0 aromatic heterocycles. The molecule has 4 nitrogen and oxygen atoms in total. The van der Waals surface area contributed by atoms with Crippen molar-refractivity contribution in [2.75, 3.05) is 39.2 Å². The van der Waals surface area contributed by atoms with E-state index in [1.807, 2.05) is 6.07 Å². The number of aryl methyl sites for hydroxylation is 1. The third-order valence-electron chi connectivity index (χ3n) is 2.54. The Kier molecular flexibility index (Phi) is 4.43. The van der Waals surface area contributed by atoms with Gasteiger partial charge in [-0.05, 0) is 51.2 Å². The third kappa shape index (κ3) is 3.31. The average molecular weight is 223 g/mol. The van der Waals surface area contributed by atoms with Crippen LogP contribution in [0.15, 0.2) is 12.1 Å². The molecular formula is C12H21N3O. The van der Waals surface area contributed by atoms with E-state index in [0.717, 1.165) is 30.6 Å². The molecule has 0 aliphatic heterocycles. The lowest BCUT2D eigenvalue weighted by Crippen LogP contribution is -2.13. The second-order valence-corrected chi connectivity index (χ2v) is 4.20. The molecule has 0 spiro atoms. The number of ether oxygens (including phenoxy) is 1. The van der Waals surface area contributed by atoms with Crippen molar-refractivity contribution in [2.24, 2.45) is 0 Å². The highest BCUT2D eigenvalue weighted by molar-refractivity contribution is 5.64. The summed E-state index contributed by atoms with van der Waals surface area (Å²) in [5, 5.41) is 0. The lowest BCUT2D eigenvalue weighted by Gasteiger charge is -2.12. The van der Waals surface area contributed by atoms with E-state index in [2.05, 4.69) is 19.0 Å². The van der Waals surface area contributed by atoms with Crippen LogP contribution in [0, 0.1) is 0 Å². The molecule has 90 valence electrons. The number of hydrogen-bond acceptors (Lipinski definition) is 4. The summed E-state index contributed by atoms with van der Waals surface area (Å²) in [5.41, 5.74) is 14.1. The second kappa shape index (κ2) is 5.61. The zero-order valence-corrected chi connectivity index (χ0v) is 10.3. The zero-order chi connectivity index (χ0) is 12.1. The Balaban J connectivity index is 2.72. The van der Waals surface area contributed by atoms with Crippen LogP contribution in [0.4, 0.5) is 11.4 Å². The van der Waals surface area contributed by atoms with Crippen molar-refractivity contribution in [1.82, 2.24) is 4.90 Å². The van der Waals surface area contributed by atoms with E-state index < -0.39 is 0 Å². The Morgan fingerprint density at radius 2 is 1.88 bits per heavy atom. The summed E-state index contributed by atoms with van der Waals surface area (Å²) in [7, 11) is 5.74. The van der Waals surface area contributed by atoms with Gasteiger partial charge in [-0.1, -0.05) is 0 Å². The van der Waals surface area contributed by atoms with Crippen molar-refractivity contribution >= 4 is 11.4 Å². The van der Waals surface area contributed by atoms with Crippen molar-refractivity contribution in [1.29, 1.82) is 0 Å². The van der Waals surface area contributed by atoms with Gasteiger partial charge in [0.25, 0.3) is 0 Å². The summed E-state index contributed by atoms with van der Waals surface area (Å²) in [6.45, 7) is 1.05. The number of nitrogens with two attached hydrogens (primary N) is 2. The quantitative estimate of drug-likeness (QED) is 0.740. The maximum absolute atomic E-state index is 5.91. The molecular weight excluding hydrogens is 202 g/mol. The Labute approximate surface area is 97.2 Å². The number of nitrogens with zero attached hydrogens (tertiary/aromatic N) is 1. The highest BCUT2D eigenvalue weighted by Crippen LogP contribution is 2.28. The van der Waals surface area contributed by atoms with E-state index in [1.54, 1.807) is 13.2 Å². The maximum atomic E-state index is 5.91. The molecule has 0 unspecified atom stereocenters. The molecule has 0 atom stereocenters. The molecule has 0 radical (unpaired) electrons. The van der Waals surface area contributed by atoms with Gasteiger partial charge in [-0.25, -0.2) is 0 Å². The number of anilines is 2. The Morgan fingerprint density at radius 1 is 1.19 bits per heavy atom. The van der Waals surface area contributed by atoms with Crippen molar-refractivity contribution in [3.05, 3.63) is 17.7 Å². The van der Waals surface area contributed by atoms with Crippen LogP contribution in [0.2, 0.25) is 0 Å². The lowest BCUT2D eigenvalue weighted by atomic mass is 10.1. The highest BCUT2D eigenvalue weighted by Gasteiger charge is 2.06. The average Bonchev–Trinajstić information content (AvgIpc) is 2.20. The predicted octanol–water partition coefficient (Wildman–Crippen LogP) is 1.35. The summed E-state index contributed by atoms with van der Waals surface area (Å²) < 4.78 is 5.18. The normalized spacial score (nSPS) is 10.8. The summed E-state index contributed by atoms with van der Waals surface area (Å²) in [6, 6.07) is 3.70. The molecule has 1 rings (SSSR count). The first-order valence-corrected chi connectivity index (χ1v) is 5.41. The number of benzene rings is 1. The summed E-state index contributed by atoms with van der Waals surface area (Å²) in [4.78, 5) is 2.16. The van der Waals surface area contributed by atoms with Crippen molar-refractivity contribution in [2.45, 2.75) is 12.8 Å². The summed E-state index contributed by atoms with van der Waals surface area (Å²) >= 11 is 0. The van der Waals surface area contributed by atoms with E-state index in [9.17, 15) is 0 Å². The number of nitrogen functional groups attached to an aromatic ring is 2. The largest absolute Gasteiger partial charge is 0.495 e. The van der Waals surface area contributed by atoms with Crippen LogP contribution in [0.5, 0.6) is 5.75 Å². The molecule has 0 fully saturated rings. The van der Waals surface area contributed by atoms with Crippen LogP contribution < -0.4 is 16.2 Å². The monoisotopic (exact) mass is 223 g/mol. The number of hydrogen-bond donors (Lipinski definition) is 2. The topological polar surface area (TPSA) is 64.5 Å². The minimum absolute atomic E-state index is 0.594. The molecule has 0 heterocycles. The van der Waals surface area contributed by atoms with Gasteiger partial charge in [0.1, 0.15) is 5.75 Å². The van der Waals surface area contributed by atoms with Crippen LogP contribution in [0.3, 0.4) is 0 Å². The standard InChI is InChI=1S/C12H21N3O/c1-15(2)6-4-5-9-7-12(16-3)11(14)8-10(9)13/h7-8H,4-6,13-14H2,1-3H3. The van der Waals surface area contributed by atoms with Crippen molar-refractivity contribution in [3.63, 3.8) is 0 Å². The van der Waals surface area contributed by atoms with Crippen LogP contribution >= 0.6 is 0 Å². The zero-order valence-electron chi connectivity index (χ0n) is 10.3. The van der Waals surface area contributed by atoms with Crippen LogP contribution in [-0.2, 0) is 6.42 Å². The van der Waals surface area contributed by atoms with Gasteiger partial charge in [0.05, 0.1) is 12.8 Å². The van der Waals surface area contributed by atoms with E-state index in [0.29, 0.717) is 11.4 Å². The van der Waals surface area contributed by atoms with Gasteiger partial charge >= 0.3 is 0 Å². The van der Waals surface area contributed by atoms with Gasteiger partial charge < -0.3 is 21.1 Å². The predicted molar refractivity (Wildman–Crippen MR) is 68.7 cm³/mol. The summed E-state index contributed by atoms with van der Waals surface area (Å²) in [5.74, 6) is 0.703. The van der Waals surface area contributed by atoms with E-state index in [-0.39, 0.29) is 0 Å². The Hall–Kier alpha value is -1.42. The molecule has 0 aliphatic rings. The van der Waals surface area contributed by atoms with Crippen molar-refractivity contribution in [3.8, 4) is 5.75 Å². The molecule has 4 heteroatoms. The van der Waals surface area contributed by atoms with Gasteiger partial charge in [0, 0.05) is 5.69 Å². The van der Waals surface area contributed by atoms with Crippen molar-refractivity contribution < 1.29 is 4.74 Å². The van der Waals surface area contributed by atoms with Gasteiger partial charge in [-0.3, -0.25) is 0 Å². The molecule has 0 amide bonds. The SMILES string of the molecule is COc1cc(CCCN(C)C)c(N)cc1N.